The quantitative estimate of drug-likeness (QED) is 0.769. The molecule has 1 aromatic rings. The smallest absolute Gasteiger partial charge is 0.0350 e. The van der Waals surface area contributed by atoms with E-state index >= 15 is 0 Å². The molecule has 2 heteroatoms. The zero-order valence-electron chi connectivity index (χ0n) is 11.6. The van der Waals surface area contributed by atoms with Crippen LogP contribution in [0.2, 0.25) is 0 Å². The minimum absolute atomic E-state index is 0.542. The van der Waals surface area contributed by atoms with Gasteiger partial charge in [-0.1, -0.05) is 26.0 Å². The number of anilines is 1. The summed E-state index contributed by atoms with van der Waals surface area (Å²) in [5.41, 5.74) is 10.4. The van der Waals surface area contributed by atoms with Crippen LogP contribution in [-0.4, -0.2) is 17.5 Å². The maximum absolute atomic E-state index is 6.06. The van der Waals surface area contributed by atoms with Crippen molar-refractivity contribution in [3.05, 3.63) is 29.3 Å². The van der Waals surface area contributed by atoms with Gasteiger partial charge in [-0.2, -0.15) is 0 Å². The predicted octanol–water partition coefficient (Wildman–Crippen LogP) is 3.21. The van der Waals surface area contributed by atoms with Crippen molar-refractivity contribution in [3.63, 3.8) is 0 Å². The monoisotopic (exact) mass is 244 g/mol. The maximum Gasteiger partial charge on any atom is 0.0350 e. The molecule has 1 aliphatic carbocycles. The highest BCUT2D eigenvalue weighted by atomic mass is 15.2. The van der Waals surface area contributed by atoms with Gasteiger partial charge in [-0.15, -0.1) is 0 Å². The second-order valence-electron chi connectivity index (χ2n) is 6.77. The molecule has 1 fully saturated rings. The number of hydrogen-bond donors (Lipinski definition) is 1. The van der Waals surface area contributed by atoms with Gasteiger partial charge in [0.25, 0.3) is 0 Å². The fourth-order valence-electron chi connectivity index (χ4n) is 3.68. The fourth-order valence-corrected chi connectivity index (χ4v) is 3.68. The summed E-state index contributed by atoms with van der Waals surface area (Å²) < 4.78 is 0. The minimum Gasteiger partial charge on any atom is -0.398 e. The number of hydrogen-bond acceptors (Lipinski definition) is 2. The summed E-state index contributed by atoms with van der Waals surface area (Å²) in [7, 11) is 0. The second kappa shape index (κ2) is 4.27. The average molecular weight is 244 g/mol. The summed E-state index contributed by atoms with van der Waals surface area (Å²) in [4.78, 5) is 2.68. The zero-order chi connectivity index (χ0) is 12.8. The molecule has 1 atom stereocenters. The Kier molecular flexibility index (Phi) is 2.86. The molecule has 18 heavy (non-hydrogen) atoms. The topological polar surface area (TPSA) is 29.3 Å². The lowest BCUT2D eigenvalue weighted by Crippen LogP contribution is -2.38. The van der Waals surface area contributed by atoms with Gasteiger partial charge in [-0.3, -0.25) is 4.90 Å². The van der Waals surface area contributed by atoms with E-state index in [9.17, 15) is 0 Å². The van der Waals surface area contributed by atoms with Crippen LogP contribution < -0.4 is 5.73 Å². The van der Waals surface area contributed by atoms with Crippen LogP contribution in [0.5, 0.6) is 0 Å². The molecule has 0 spiro atoms. The van der Waals surface area contributed by atoms with E-state index in [1.54, 1.807) is 0 Å². The van der Waals surface area contributed by atoms with Crippen molar-refractivity contribution >= 4 is 5.69 Å². The molecule has 0 bridgehead atoms. The molecule has 0 aromatic heterocycles. The Hall–Kier alpha value is -1.02. The fraction of sp³-hybridized carbons (Fsp3) is 0.625. The van der Waals surface area contributed by atoms with Crippen LogP contribution in [0.25, 0.3) is 0 Å². The van der Waals surface area contributed by atoms with Crippen molar-refractivity contribution in [3.8, 4) is 0 Å². The highest BCUT2D eigenvalue weighted by Gasteiger charge is 2.35. The summed E-state index contributed by atoms with van der Waals surface area (Å²) >= 11 is 0. The lowest BCUT2D eigenvalue weighted by Gasteiger charge is -2.34. The average Bonchev–Trinajstić information content (AvgIpc) is 2.70. The van der Waals surface area contributed by atoms with E-state index in [-0.39, 0.29) is 0 Å². The Labute approximate surface area is 110 Å². The Morgan fingerprint density at radius 1 is 1.33 bits per heavy atom. The van der Waals surface area contributed by atoms with Crippen molar-refractivity contribution in [1.82, 2.24) is 4.90 Å². The lowest BCUT2D eigenvalue weighted by atomic mass is 9.91. The summed E-state index contributed by atoms with van der Waals surface area (Å²) in [6, 6.07) is 7.16. The number of nitrogens with two attached hydrogens (primary N) is 1. The number of fused-ring (bicyclic) bond motifs is 1. The molecule has 2 aliphatic rings. The van der Waals surface area contributed by atoms with Crippen LogP contribution in [0.4, 0.5) is 5.69 Å². The van der Waals surface area contributed by atoms with Gasteiger partial charge in [-0.05, 0) is 48.3 Å². The van der Waals surface area contributed by atoms with E-state index in [1.807, 2.05) is 6.07 Å². The summed E-state index contributed by atoms with van der Waals surface area (Å²) in [6.45, 7) is 7.09. The predicted molar refractivity (Wildman–Crippen MR) is 76.4 cm³/mol. The number of nitrogen functional groups attached to an aromatic ring is 1. The Morgan fingerprint density at radius 3 is 2.89 bits per heavy atom. The molecule has 1 heterocycles. The molecule has 0 saturated heterocycles. The normalized spacial score (nSPS) is 27.1. The third-order valence-electron chi connectivity index (χ3n) is 4.79. The first-order valence-electron chi connectivity index (χ1n) is 7.15. The highest BCUT2D eigenvalue weighted by Crippen LogP contribution is 2.40. The molecule has 3 rings (SSSR count). The molecule has 1 unspecified atom stereocenters. The first kappa shape index (κ1) is 12.0. The maximum atomic E-state index is 6.06. The van der Waals surface area contributed by atoms with Gasteiger partial charge >= 0.3 is 0 Å². The third-order valence-corrected chi connectivity index (χ3v) is 4.79. The highest BCUT2D eigenvalue weighted by molar-refractivity contribution is 5.51. The van der Waals surface area contributed by atoms with Crippen molar-refractivity contribution in [2.45, 2.75) is 52.1 Å². The summed E-state index contributed by atoms with van der Waals surface area (Å²) in [5, 5.41) is 0. The second-order valence-corrected chi connectivity index (χ2v) is 6.77. The molecule has 0 amide bonds. The number of rotatable bonds is 1. The van der Waals surface area contributed by atoms with E-state index in [0.717, 1.165) is 24.7 Å². The Bertz CT molecular complexity index is 450. The van der Waals surface area contributed by atoms with Gasteiger partial charge in [0.05, 0.1) is 0 Å². The molecular weight excluding hydrogens is 220 g/mol. The third kappa shape index (κ3) is 2.14. The van der Waals surface area contributed by atoms with Crippen molar-refractivity contribution in [2.24, 2.45) is 5.41 Å². The summed E-state index contributed by atoms with van der Waals surface area (Å²) in [6.07, 6.45) is 5.21. The van der Waals surface area contributed by atoms with Crippen LogP contribution in [0.1, 0.15) is 44.2 Å². The largest absolute Gasteiger partial charge is 0.398 e. The molecular formula is C16H24N2. The molecule has 1 saturated carbocycles. The van der Waals surface area contributed by atoms with Gasteiger partial charge in [0, 0.05) is 24.8 Å². The molecule has 1 aliphatic heterocycles. The van der Waals surface area contributed by atoms with Crippen LogP contribution in [0, 0.1) is 5.41 Å². The summed E-state index contributed by atoms with van der Waals surface area (Å²) in [5.74, 6) is 0. The minimum atomic E-state index is 0.542. The molecule has 1 aromatic carbocycles. The van der Waals surface area contributed by atoms with E-state index < -0.39 is 0 Å². The van der Waals surface area contributed by atoms with Crippen LogP contribution in [-0.2, 0) is 13.0 Å². The van der Waals surface area contributed by atoms with E-state index in [2.05, 4.69) is 30.9 Å². The SMILES string of the molecule is CC1(C)CCC(N2CCc3c(N)cccc3C2)C1. The van der Waals surface area contributed by atoms with Crippen LogP contribution in [0.3, 0.4) is 0 Å². The van der Waals surface area contributed by atoms with Gasteiger partial charge < -0.3 is 5.73 Å². The Balaban J connectivity index is 1.76. The number of nitrogens with zero attached hydrogens (tertiary/aromatic N) is 1. The van der Waals surface area contributed by atoms with Gasteiger partial charge in [-0.25, -0.2) is 0 Å². The molecule has 0 radical (unpaired) electrons. The van der Waals surface area contributed by atoms with E-state index in [1.165, 1.54) is 36.9 Å². The first-order chi connectivity index (χ1) is 8.55. The first-order valence-corrected chi connectivity index (χ1v) is 7.15. The van der Waals surface area contributed by atoms with Crippen LogP contribution in [0.15, 0.2) is 18.2 Å². The van der Waals surface area contributed by atoms with E-state index in [4.69, 9.17) is 5.73 Å². The standard InChI is InChI=1S/C16H24N2/c1-16(2)8-6-13(10-16)18-9-7-14-12(11-18)4-3-5-15(14)17/h3-5,13H,6-11,17H2,1-2H3. The lowest BCUT2D eigenvalue weighted by molar-refractivity contribution is 0.170. The van der Waals surface area contributed by atoms with Gasteiger partial charge in [0.1, 0.15) is 0 Å². The van der Waals surface area contributed by atoms with Crippen molar-refractivity contribution in [1.29, 1.82) is 0 Å². The van der Waals surface area contributed by atoms with Gasteiger partial charge in [0.15, 0.2) is 0 Å². The van der Waals surface area contributed by atoms with E-state index in [0.29, 0.717) is 5.41 Å². The molecule has 2 nitrogen and oxygen atoms in total. The Morgan fingerprint density at radius 2 is 2.17 bits per heavy atom. The number of benzene rings is 1. The van der Waals surface area contributed by atoms with Crippen molar-refractivity contribution < 1.29 is 0 Å². The molecule has 98 valence electrons. The zero-order valence-corrected chi connectivity index (χ0v) is 11.6. The molecule has 2 N–H and O–H groups in total. The van der Waals surface area contributed by atoms with Gasteiger partial charge in [0.2, 0.25) is 0 Å². The van der Waals surface area contributed by atoms with Crippen LogP contribution >= 0.6 is 0 Å². The van der Waals surface area contributed by atoms with Crippen molar-refractivity contribution in [2.75, 3.05) is 12.3 Å².